The summed E-state index contributed by atoms with van der Waals surface area (Å²) in [4.78, 5) is 0. The van der Waals surface area contributed by atoms with Crippen molar-refractivity contribution in [2.75, 3.05) is 0 Å². The molecule has 0 heterocycles. The largest absolute Gasteiger partial charge is 0.100 e. The molecule has 0 amide bonds. The maximum absolute atomic E-state index is 2.39. The third-order valence-electron chi connectivity index (χ3n) is 2.79. The monoisotopic (exact) mass is 166 g/mol. The Bertz CT molecular complexity index is 110. The van der Waals surface area contributed by atoms with E-state index in [2.05, 4.69) is 42.3 Å². The van der Waals surface area contributed by atoms with Gasteiger partial charge in [0.1, 0.15) is 6.60 Å². The molecule has 0 bridgehead atoms. The Hall–Kier alpha value is 0.130. The summed E-state index contributed by atoms with van der Waals surface area (Å²) in [7, 11) is 2.33. The van der Waals surface area contributed by atoms with Crippen molar-refractivity contribution in [3.8, 4) is 0 Å². The molecule has 0 aliphatic carbocycles. The van der Waals surface area contributed by atoms with Crippen LogP contribution in [0.15, 0.2) is 0 Å². The summed E-state index contributed by atoms with van der Waals surface area (Å²) >= 11 is 0. The summed E-state index contributed by atoms with van der Waals surface area (Å²) in [6.45, 7) is 12.6. The highest BCUT2D eigenvalue weighted by atomic mass is 14.1. The Morgan fingerprint density at radius 1 is 1.08 bits per heavy atom. The molecule has 0 nitrogen and oxygen atoms in total. The molecule has 2 unspecified atom stereocenters. The van der Waals surface area contributed by atoms with E-state index in [1.807, 2.05) is 0 Å². The van der Waals surface area contributed by atoms with Gasteiger partial charge in [-0.15, -0.1) is 0 Å². The average molecular weight is 166 g/mol. The van der Waals surface area contributed by atoms with E-state index in [1.165, 1.54) is 12.8 Å². The van der Waals surface area contributed by atoms with Gasteiger partial charge in [-0.2, -0.15) is 0 Å². The molecular formula is C10H24B2. The summed E-state index contributed by atoms with van der Waals surface area (Å²) in [6, 6.07) is 0. The standard InChI is InChI=1S/C10H24B2/c1-8(2)6-9(3)7-10(4)12(5)11/h8-10H,6-7,11H2,1-5H3. The van der Waals surface area contributed by atoms with Crippen LogP contribution in [0.25, 0.3) is 0 Å². The summed E-state index contributed by atoms with van der Waals surface area (Å²) in [5.74, 6) is 2.65. The van der Waals surface area contributed by atoms with Gasteiger partial charge in [-0.05, 0) is 18.3 Å². The quantitative estimate of drug-likeness (QED) is 0.550. The van der Waals surface area contributed by atoms with E-state index >= 15 is 0 Å². The van der Waals surface area contributed by atoms with Crippen LogP contribution in [-0.4, -0.2) is 14.3 Å². The molecule has 12 heavy (non-hydrogen) atoms. The van der Waals surface area contributed by atoms with E-state index in [0.29, 0.717) is 0 Å². The summed E-state index contributed by atoms with van der Waals surface area (Å²) in [5.41, 5.74) is 0. The van der Waals surface area contributed by atoms with E-state index in [4.69, 9.17) is 0 Å². The first-order valence-corrected chi connectivity index (χ1v) is 5.43. The molecule has 70 valence electrons. The molecule has 0 aromatic carbocycles. The van der Waals surface area contributed by atoms with Gasteiger partial charge in [-0.3, -0.25) is 0 Å². The van der Waals surface area contributed by atoms with Crippen molar-refractivity contribution < 1.29 is 0 Å². The van der Waals surface area contributed by atoms with Crippen molar-refractivity contribution in [3.05, 3.63) is 0 Å². The maximum atomic E-state index is 2.39. The zero-order valence-corrected chi connectivity index (χ0v) is 9.72. The lowest BCUT2D eigenvalue weighted by atomic mass is 9.28. The van der Waals surface area contributed by atoms with Crippen LogP contribution >= 0.6 is 0 Å². The molecular weight excluding hydrogens is 142 g/mol. The molecule has 0 N–H and O–H groups in total. The van der Waals surface area contributed by atoms with Crippen LogP contribution in [0.4, 0.5) is 0 Å². The van der Waals surface area contributed by atoms with Gasteiger partial charge in [-0.25, -0.2) is 0 Å². The van der Waals surface area contributed by atoms with Crippen molar-refractivity contribution in [2.24, 2.45) is 11.8 Å². The third-order valence-corrected chi connectivity index (χ3v) is 2.79. The van der Waals surface area contributed by atoms with Crippen LogP contribution in [0, 0.1) is 11.8 Å². The highest BCUT2D eigenvalue weighted by Gasteiger charge is 2.14. The van der Waals surface area contributed by atoms with Gasteiger partial charge in [0.25, 0.3) is 0 Å². The highest BCUT2D eigenvalue weighted by Crippen LogP contribution is 2.23. The molecule has 0 aliphatic rings. The highest BCUT2D eigenvalue weighted by molar-refractivity contribution is 7.03. The smallest absolute Gasteiger partial charge is 0.0924 e. The number of hydrogen-bond donors (Lipinski definition) is 0. The second-order valence-electron chi connectivity index (χ2n) is 5.19. The van der Waals surface area contributed by atoms with Gasteiger partial charge in [0.2, 0.25) is 0 Å². The van der Waals surface area contributed by atoms with Crippen molar-refractivity contribution in [1.29, 1.82) is 0 Å². The Morgan fingerprint density at radius 2 is 1.58 bits per heavy atom. The fourth-order valence-corrected chi connectivity index (χ4v) is 1.81. The van der Waals surface area contributed by atoms with Crippen molar-refractivity contribution in [3.63, 3.8) is 0 Å². The summed E-state index contributed by atoms with van der Waals surface area (Å²) in [5, 5.41) is 0. The van der Waals surface area contributed by atoms with E-state index < -0.39 is 0 Å². The first-order chi connectivity index (χ1) is 5.43. The first kappa shape index (κ1) is 12.1. The van der Waals surface area contributed by atoms with Crippen LogP contribution in [0.3, 0.4) is 0 Å². The summed E-state index contributed by atoms with van der Waals surface area (Å²) < 4.78 is 0. The SMILES string of the molecule is BB(C)C(C)CC(C)CC(C)C. The van der Waals surface area contributed by atoms with E-state index in [9.17, 15) is 0 Å². The lowest BCUT2D eigenvalue weighted by Gasteiger charge is -2.20. The van der Waals surface area contributed by atoms with E-state index in [-0.39, 0.29) is 0 Å². The van der Waals surface area contributed by atoms with Crippen molar-refractivity contribution in [2.45, 2.75) is 53.2 Å². The first-order valence-electron chi connectivity index (χ1n) is 5.43. The van der Waals surface area contributed by atoms with E-state index in [1.54, 1.807) is 0 Å². The fraction of sp³-hybridized carbons (Fsp3) is 1.00. The second kappa shape index (κ2) is 5.72. The second-order valence-corrected chi connectivity index (χ2v) is 5.19. The van der Waals surface area contributed by atoms with Crippen LogP contribution in [0.2, 0.25) is 12.6 Å². The van der Waals surface area contributed by atoms with Crippen LogP contribution in [0.5, 0.6) is 0 Å². The molecule has 0 saturated heterocycles. The minimum atomic E-state index is 0.847. The molecule has 0 aliphatic heterocycles. The molecule has 2 heteroatoms. The predicted molar refractivity (Wildman–Crippen MR) is 62.8 cm³/mol. The van der Waals surface area contributed by atoms with E-state index in [0.717, 1.165) is 24.3 Å². The molecule has 2 atom stereocenters. The molecule has 0 aromatic rings. The minimum Gasteiger partial charge on any atom is -0.0924 e. The zero-order valence-electron chi connectivity index (χ0n) is 9.72. The number of hydrogen-bond acceptors (Lipinski definition) is 0. The Morgan fingerprint density at radius 3 is 1.92 bits per heavy atom. The van der Waals surface area contributed by atoms with Crippen LogP contribution in [-0.2, 0) is 0 Å². The number of rotatable bonds is 5. The molecule has 0 spiro atoms. The zero-order chi connectivity index (χ0) is 9.72. The van der Waals surface area contributed by atoms with Gasteiger partial charge >= 0.3 is 0 Å². The molecule has 0 fully saturated rings. The third kappa shape index (κ3) is 5.74. The van der Waals surface area contributed by atoms with Crippen LogP contribution in [0.1, 0.15) is 40.5 Å². The van der Waals surface area contributed by atoms with Crippen LogP contribution < -0.4 is 0 Å². The van der Waals surface area contributed by atoms with Gasteiger partial charge < -0.3 is 0 Å². The molecule has 0 radical (unpaired) electrons. The normalized spacial score (nSPS) is 16.2. The van der Waals surface area contributed by atoms with Gasteiger partial charge in [0.15, 0.2) is 0 Å². The fourth-order valence-electron chi connectivity index (χ4n) is 1.81. The van der Waals surface area contributed by atoms with Gasteiger partial charge in [0, 0.05) is 0 Å². The summed E-state index contributed by atoms with van der Waals surface area (Å²) in [6.07, 6.45) is 2.78. The lowest BCUT2D eigenvalue weighted by molar-refractivity contribution is 0.411. The lowest BCUT2D eigenvalue weighted by Crippen LogP contribution is -2.17. The van der Waals surface area contributed by atoms with Crippen molar-refractivity contribution in [1.82, 2.24) is 0 Å². The van der Waals surface area contributed by atoms with Crippen molar-refractivity contribution >= 4 is 14.3 Å². The molecule has 0 rings (SSSR count). The maximum Gasteiger partial charge on any atom is 0.100 e. The topological polar surface area (TPSA) is 0 Å². The Kier molecular flexibility index (Phi) is 5.78. The average Bonchev–Trinajstić information content (AvgIpc) is 1.84. The minimum absolute atomic E-state index is 0.847. The Labute approximate surface area is 80.0 Å². The molecule has 0 saturated carbocycles. The Balaban J connectivity index is 3.61. The van der Waals surface area contributed by atoms with Gasteiger partial charge in [0.05, 0.1) is 7.74 Å². The predicted octanol–water partition coefficient (Wildman–Crippen LogP) is 2.70. The molecule has 0 aromatic heterocycles. The van der Waals surface area contributed by atoms with Gasteiger partial charge in [-0.1, -0.05) is 46.8 Å².